The number of benzene rings is 2. The largest absolute Gasteiger partial charge is 0.490 e. The van der Waals surface area contributed by atoms with Crippen LogP contribution < -0.4 is 21.3 Å². The highest BCUT2D eigenvalue weighted by Crippen LogP contribution is 2.26. The molecule has 0 saturated carbocycles. The molecule has 0 atom stereocenters. The Morgan fingerprint density at radius 3 is 2.63 bits per heavy atom. The maximum absolute atomic E-state index is 12.2. The maximum Gasteiger partial charge on any atom is 0.316 e. The molecule has 3 rings (SSSR count). The molecule has 0 saturated heterocycles. The van der Waals surface area contributed by atoms with Gasteiger partial charge in [-0.25, -0.2) is 0 Å². The van der Waals surface area contributed by atoms with Gasteiger partial charge in [0.05, 0.1) is 19.9 Å². The smallest absolute Gasteiger partial charge is 0.316 e. The molecule has 6 nitrogen and oxygen atoms in total. The summed E-state index contributed by atoms with van der Waals surface area (Å²) in [6, 6.07) is 13.4. The number of rotatable bonds is 6. The number of anilines is 2. The summed E-state index contributed by atoms with van der Waals surface area (Å²) in [5.41, 5.74) is 9.13. The summed E-state index contributed by atoms with van der Waals surface area (Å²) in [5.74, 6) is 0.576. The van der Waals surface area contributed by atoms with Gasteiger partial charge in [0.1, 0.15) is 0 Å². The fourth-order valence-corrected chi connectivity index (χ4v) is 2.97. The summed E-state index contributed by atoms with van der Waals surface area (Å²) < 4.78 is 6.99. The Morgan fingerprint density at radius 1 is 1.19 bits per heavy atom. The van der Waals surface area contributed by atoms with Crippen LogP contribution in [0.3, 0.4) is 0 Å². The summed E-state index contributed by atoms with van der Waals surface area (Å²) in [6.07, 6.45) is 1.64. The lowest BCUT2D eigenvalue weighted by Crippen LogP contribution is -2.19. The van der Waals surface area contributed by atoms with Gasteiger partial charge in [0.15, 0.2) is 0 Å². The molecule has 3 N–H and O–H groups in total. The Balaban J connectivity index is 2.06. The van der Waals surface area contributed by atoms with Crippen LogP contribution in [0, 0.1) is 6.92 Å². The third-order valence-electron chi connectivity index (χ3n) is 4.38. The Morgan fingerprint density at radius 2 is 1.93 bits per heavy atom. The van der Waals surface area contributed by atoms with Gasteiger partial charge in [-0.05, 0) is 35.7 Å². The van der Waals surface area contributed by atoms with Gasteiger partial charge in [0.2, 0.25) is 11.7 Å². The van der Waals surface area contributed by atoms with E-state index >= 15 is 0 Å². The van der Waals surface area contributed by atoms with E-state index < -0.39 is 5.56 Å². The van der Waals surface area contributed by atoms with Gasteiger partial charge in [-0.2, -0.15) is 4.98 Å². The zero-order chi connectivity index (χ0) is 19.4. The molecule has 140 valence electrons. The van der Waals surface area contributed by atoms with E-state index in [1.54, 1.807) is 6.20 Å². The summed E-state index contributed by atoms with van der Waals surface area (Å²) in [7, 11) is 1.45. The van der Waals surface area contributed by atoms with Crippen molar-refractivity contribution in [3.8, 4) is 5.75 Å². The minimum absolute atomic E-state index is 0.175. The first-order valence-corrected chi connectivity index (χ1v) is 8.85. The number of hydrogen-bond acceptors (Lipinski definition) is 5. The molecular weight excluding hydrogens is 364 g/mol. The molecule has 0 aliphatic rings. The van der Waals surface area contributed by atoms with Crippen LogP contribution in [0.25, 0.3) is 0 Å². The zero-order valence-corrected chi connectivity index (χ0v) is 16.0. The predicted octanol–water partition coefficient (Wildman–Crippen LogP) is 3.46. The summed E-state index contributed by atoms with van der Waals surface area (Å²) in [5, 5.41) is 3.85. The second-order valence-corrected chi connectivity index (χ2v) is 6.48. The van der Waals surface area contributed by atoms with Crippen molar-refractivity contribution >= 4 is 23.2 Å². The van der Waals surface area contributed by atoms with Crippen molar-refractivity contribution in [1.29, 1.82) is 0 Å². The van der Waals surface area contributed by atoms with Crippen LogP contribution in [0.1, 0.15) is 16.7 Å². The topological polar surface area (TPSA) is 82.2 Å². The summed E-state index contributed by atoms with van der Waals surface area (Å²) in [6.45, 7) is 2.82. The van der Waals surface area contributed by atoms with Crippen LogP contribution in [-0.2, 0) is 13.1 Å². The Kier molecular flexibility index (Phi) is 5.78. The normalized spacial score (nSPS) is 10.7. The molecule has 1 aromatic heterocycles. The van der Waals surface area contributed by atoms with Crippen LogP contribution in [0.5, 0.6) is 5.75 Å². The highest BCUT2D eigenvalue weighted by molar-refractivity contribution is 6.31. The zero-order valence-electron chi connectivity index (χ0n) is 15.2. The van der Waals surface area contributed by atoms with E-state index in [0.717, 1.165) is 22.4 Å². The lowest BCUT2D eigenvalue weighted by molar-refractivity contribution is 0.402. The van der Waals surface area contributed by atoms with E-state index in [9.17, 15) is 4.79 Å². The average molecular weight is 385 g/mol. The third-order valence-corrected chi connectivity index (χ3v) is 4.79. The molecule has 0 unspecified atom stereocenters. The average Bonchev–Trinajstić information content (AvgIpc) is 2.67. The molecule has 2 aromatic carbocycles. The highest BCUT2D eigenvalue weighted by Gasteiger charge is 2.12. The van der Waals surface area contributed by atoms with Crippen LogP contribution in [-0.4, -0.2) is 16.7 Å². The first-order chi connectivity index (χ1) is 13.0. The number of halogens is 1. The molecular formula is C20H21ClN4O2. The van der Waals surface area contributed by atoms with Crippen molar-refractivity contribution in [2.24, 2.45) is 5.73 Å². The van der Waals surface area contributed by atoms with Crippen molar-refractivity contribution < 1.29 is 4.74 Å². The van der Waals surface area contributed by atoms with Gasteiger partial charge in [0, 0.05) is 17.3 Å². The number of hydrogen-bond donors (Lipinski definition) is 2. The molecule has 7 heteroatoms. The van der Waals surface area contributed by atoms with Gasteiger partial charge in [-0.1, -0.05) is 41.9 Å². The number of nitrogens with zero attached hydrogens (tertiary/aromatic N) is 2. The maximum atomic E-state index is 12.2. The van der Waals surface area contributed by atoms with Crippen molar-refractivity contribution in [2.45, 2.75) is 20.0 Å². The Labute approximate surface area is 162 Å². The second kappa shape index (κ2) is 8.24. The summed E-state index contributed by atoms with van der Waals surface area (Å²) >= 11 is 6.21. The quantitative estimate of drug-likeness (QED) is 0.680. The molecule has 0 amide bonds. The number of nitrogens with two attached hydrogens (primary N) is 1. The molecule has 0 aliphatic heterocycles. The van der Waals surface area contributed by atoms with Gasteiger partial charge in [-0.3, -0.25) is 4.79 Å². The number of methoxy groups -OCH3 is 1. The second-order valence-electron chi connectivity index (χ2n) is 6.08. The Hall–Kier alpha value is -2.83. The first-order valence-electron chi connectivity index (χ1n) is 8.48. The molecule has 0 spiro atoms. The number of ether oxygens (including phenoxy) is 1. The van der Waals surface area contributed by atoms with E-state index in [0.29, 0.717) is 24.1 Å². The van der Waals surface area contributed by atoms with E-state index in [-0.39, 0.29) is 5.75 Å². The van der Waals surface area contributed by atoms with Crippen molar-refractivity contribution in [3.63, 3.8) is 0 Å². The molecule has 1 heterocycles. The standard InChI is InChI=1S/C20H21ClN4O2/c1-13-16(21)8-5-9-17(13)23-20-24-19(26)18(27-2)12-25(20)11-15-7-4-3-6-14(15)10-22/h3-9,12H,10-11,22H2,1-2H3,(H,23,24,26). The molecule has 0 bridgehead atoms. The van der Waals surface area contributed by atoms with Crippen molar-refractivity contribution in [3.05, 3.63) is 80.7 Å². The lowest BCUT2D eigenvalue weighted by Gasteiger charge is -2.17. The van der Waals surface area contributed by atoms with Gasteiger partial charge in [0.25, 0.3) is 0 Å². The highest BCUT2D eigenvalue weighted by atomic mass is 35.5. The summed E-state index contributed by atoms with van der Waals surface area (Å²) in [4.78, 5) is 16.4. The van der Waals surface area contributed by atoms with Gasteiger partial charge in [-0.15, -0.1) is 0 Å². The fraction of sp³-hybridized carbons (Fsp3) is 0.200. The third kappa shape index (κ3) is 4.13. The van der Waals surface area contributed by atoms with E-state index in [1.165, 1.54) is 7.11 Å². The van der Waals surface area contributed by atoms with Crippen LogP contribution in [0.2, 0.25) is 5.02 Å². The van der Waals surface area contributed by atoms with E-state index in [1.807, 2.05) is 54.0 Å². The van der Waals surface area contributed by atoms with Crippen LogP contribution in [0.15, 0.2) is 53.5 Å². The molecule has 0 fully saturated rings. The minimum atomic E-state index is -0.442. The van der Waals surface area contributed by atoms with E-state index in [2.05, 4.69) is 10.3 Å². The predicted molar refractivity (Wildman–Crippen MR) is 108 cm³/mol. The van der Waals surface area contributed by atoms with Gasteiger partial charge >= 0.3 is 5.56 Å². The molecule has 0 radical (unpaired) electrons. The lowest BCUT2D eigenvalue weighted by atomic mass is 10.1. The van der Waals surface area contributed by atoms with Crippen LogP contribution in [0.4, 0.5) is 11.6 Å². The number of nitrogens with one attached hydrogen (secondary N) is 1. The molecule has 0 aliphatic carbocycles. The Bertz CT molecular complexity index is 1020. The number of aromatic nitrogens is 2. The monoisotopic (exact) mass is 384 g/mol. The van der Waals surface area contributed by atoms with Crippen molar-refractivity contribution in [1.82, 2.24) is 9.55 Å². The van der Waals surface area contributed by atoms with E-state index in [4.69, 9.17) is 22.1 Å². The van der Waals surface area contributed by atoms with Crippen LogP contribution >= 0.6 is 11.6 Å². The SMILES string of the molecule is COc1cn(Cc2ccccc2CN)c(Nc2cccc(Cl)c2C)nc1=O. The van der Waals surface area contributed by atoms with Crippen molar-refractivity contribution in [2.75, 3.05) is 12.4 Å². The first kappa shape index (κ1) is 18.9. The molecule has 3 aromatic rings. The minimum Gasteiger partial charge on any atom is -0.490 e. The molecule has 27 heavy (non-hydrogen) atoms. The van der Waals surface area contributed by atoms with Gasteiger partial charge < -0.3 is 20.4 Å². The fourth-order valence-electron chi connectivity index (χ4n) is 2.79.